The van der Waals surface area contributed by atoms with Gasteiger partial charge in [-0.05, 0) is 30.2 Å². The molecule has 2 heterocycles. The Morgan fingerprint density at radius 2 is 2.00 bits per heavy atom. The molecule has 6 heteroatoms. The minimum absolute atomic E-state index is 0.101. The Kier molecular flexibility index (Phi) is 4.35. The number of halogens is 1. The van der Waals surface area contributed by atoms with Crippen LogP contribution in [0.4, 0.5) is 0 Å². The van der Waals surface area contributed by atoms with Gasteiger partial charge in [-0.2, -0.15) is 10.4 Å². The molecule has 0 aliphatic carbocycles. The number of aromatic nitrogens is 2. The maximum Gasteiger partial charge on any atom is 0.224 e. The van der Waals surface area contributed by atoms with Crippen molar-refractivity contribution in [2.45, 2.75) is 19.4 Å². The van der Waals surface area contributed by atoms with Crippen molar-refractivity contribution < 1.29 is 4.74 Å². The summed E-state index contributed by atoms with van der Waals surface area (Å²) in [6, 6.07) is 19.6. The summed E-state index contributed by atoms with van der Waals surface area (Å²) in [5.74, 6) is 0.309. The summed E-state index contributed by atoms with van der Waals surface area (Å²) in [5.41, 5.74) is 10.1. The van der Waals surface area contributed by atoms with Gasteiger partial charge in [0.1, 0.15) is 11.6 Å². The maximum absolute atomic E-state index is 9.69. The molecule has 5 nitrogen and oxygen atoms in total. The topological polar surface area (TPSA) is 76.9 Å². The monoisotopic (exact) mass is 376 g/mol. The molecule has 0 radical (unpaired) electrons. The van der Waals surface area contributed by atoms with Gasteiger partial charge in [0.05, 0.1) is 23.7 Å². The molecule has 2 N–H and O–H groups in total. The molecule has 0 fully saturated rings. The van der Waals surface area contributed by atoms with Crippen molar-refractivity contribution >= 4 is 11.6 Å². The molecule has 0 bridgehead atoms. The van der Waals surface area contributed by atoms with E-state index in [1.807, 2.05) is 55.5 Å². The summed E-state index contributed by atoms with van der Waals surface area (Å²) in [7, 11) is 0. The van der Waals surface area contributed by atoms with Crippen LogP contribution in [-0.2, 0) is 6.54 Å². The number of ether oxygens (including phenoxy) is 1. The lowest BCUT2D eigenvalue weighted by atomic mass is 9.84. The Morgan fingerprint density at radius 1 is 1.22 bits per heavy atom. The third-order valence-corrected chi connectivity index (χ3v) is 4.89. The fraction of sp³-hybridized carbons (Fsp3) is 0.143. The molecule has 27 heavy (non-hydrogen) atoms. The lowest BCUT2D eigenvalue weighted by Gasteiger charge is -2.25. The first-order chi connectivity index (χ1) is 13.1. The van der Waals surface area contributed by atoms with E-state index in [9.17, 15) is 5.26 Å². The first-order valence-corrected chi connectivity index (χ1v) is 8.90. The van der Waals surface area contributed by atoms with Crippen molar-refractivity contribution in [1.82, 2.24) is 9.78 Å². The zero-order chi connectivity index (χ0) is 19.0. The number of benzene rings is 2. The summed E-state index contributed by atoms with van der Waals surface area (Å²) < 4.78 is 7.63. The van der Waals surface area contributed by atoms with E-state index >= 15 is 0 Å². The zero-order valence-corrected chi connectivity index (χ0v) is 15.4. The molecule has 2 aromatic carbocycles. The SMILES string of the molecule is Cc1nn(Cc2ccccc2)c2c1[C@@H](c1cccc(Cl)c1)C(C#N)=C(N)O2. The van der Waals surface area contributed by atoms with Gasteiger partial charge in [-0.25, -0.2) is 4.68 Å². The average Bonchev–Trinajstić information content (AvgIpc) is 2.96. The molecule has 1 aliphatic rings. The quantitative estimate of drug-likeness (QED) is 0.746. The van der Waals surface area contributed by atoms with Crippen molar-refractivity contribution in [2.75, 3.05) is 0 Å². The predicted octanol–water partition coefficient (Wildman–Crippen LogP) is 4.11. The standard InChI is InChI=1S/C21H17ClN4O/c1-13-18-19(15-8-5-9-16(22)10-15)17(11-23)20(24)27-21(18)26(25-13)12-14-6-3-2-4-7-14/h2-10,19H,12,24H2,1H3/t19-/m0/s1. The third-order valence-electron chi connectivity index (χ3n) is 4.65. The van der Waals surface area contributed by atoms with Crippen molar-refractivity contribution in [1.29, 1.82) is 5.26 Å². The number of nitrogens with two attached hydrogens (primary N) is 1. The fourth-order valence-corrected chi connectivity index (χ4v) is 3.66. The Morgan fingerprint density at radius 3 is 2.70 bits per heavy atom. The van der Waals surface area contributed by atoms with Crippen molar-refractivity contribution in [2.24, 2.45) is 5.73 Å². The highest BCUT2D eigenvalue weighted by atomic mass is 35.5. The lowest BCUT2D eigenvalue weighted by molar-refractivity contribution is 0.352. The van der Waals surface area contributed by atoms with Gasteiger partial charge in [-0.1, -0.05) is 54.1 Å². The number of rotatable bonds is 3. The second-order valence-corrected chi connectivity index (χ2v) is 6.86. The molecule has 134 valence electrons. The molecule has 4 rings (SSSR count). The van der Waals surface area contributed by atoms with Crippen LogP contribution in [0.25, 0.3) is 0 Å². The Bertz CT molecular complexity index is 1080. The van der Waals surface area contributed by atoms with Gasteiger partial charge in [-0.3, -0.25) is 0 Å². The van der Waals surface area contributed by atoms with Gasteiger partial charge < -0.3 is 10.5 Å². The van der Waals surface area contributed by atoms with Gasteiger partial charge in [0.2, 0.25) is 11.8 Å². The normalized spacial score (nSPS) is 15.8. The molecule has 3 aromatic rings. The second kappa shape index (κ2) is 6.82. The van der Waals surface area contributed by atoms with Crippen LogP contribution in [0.3, 0.4) is 0 Å². The molecule has 0 unspecified atom stereocenters. The van der Waals surface area contributed by atoms with Gasteiger partial charge in [0, 0.05) is 5.02 Å². The van der Waals surface area contributed by atoms with Crippen molar-refractivity contribution in [3.63, 3.8) is 0 Å². The molecule has 0 amide bonds. The summed E-state index contributed by atoms with van der Waals surface area (Å²) in [5, 5.41) is 15.0. The average molecular weight is 377 g/mol. The van der Waals surface area contributed by atoms with Crippen LogP contribution in [-0.4, -0.2) is 9.78 Å². The van der Waals surface area contributed by atoms with E-state index < -0.39 is 0 Å². The number of fused-ring (bicyclic) bond motifs is 1. The molecule has 0 saturated carbocycles. The van der Waals surface area contributed by atoms with Crippen LogP contribution in [0, 0.1) is 18.3 Å². The van der Waals surface area contributed by atoms with E-state index in [0.717, 1.165) is 22.4 Å². The van der Waals surface area contributed by atoms with E-state index in [1.54, 1.807) is 10.7 Å². The fourth-order valence-electron chi connectivity index (χ4n) is 3.46. The predicted molar refractivity (Wildman–Crippen MR) is 103 cm³/mol. The van der Waals surface area contributed by atoms with Crippen molar-refractivity contribution in [3.8, 4) is 11.9 Å². The smallest absolute Gasteiger partial charge is 0.224 e. The number of hydrogen-bond acceptors (Lipinski definition) is 4. The second-order valence-electron chi connectivity index (χ2n) is 6.43. The number of allylic oxidation sites excluding steroid dienone is 1. The molecular formula is C21H17ClN4O. The van der Waals surface area contributed by atoms with Crippen LogP contribution in [0.5, 0.6) is 5.88 Å². The summed E-state index contributed by atoms with van der Waals surface area (Å²) >= 11 is 6.19. The molecule has 1 aromatic heterocycles. The first-order valence-electron chi connectivity index (χ1n) is 8.52. The van der Waals surface area contributed by atoms with Crippen LogP contribution < -0.4 is 10.5 Å². The van der Waals surface area contributed by atoms with Gasteiger partial charge in [0.25, 0.3) is 0 Å². The minimum atomic E-state index is -0.359. The van der Waals surface area contributed by atoms with Crippen LogP contribution in [0.15, 0.2) is 66.1 Å². The van der Waals surface area contributed by atoms with Crippen LogP contribution in [0.2, 0.25) is 5.02 Å². The van der Waals surface area contributed by atoms with E-state index in [-0.39, 0.29) is 11.8 Å². The Labute approximate surface area is 162 Å². The molecular weight excluding hydrogens is 360 g/mol. The highest BCUT2D eigenvalue weighted by molar-refractivity contribution is 6.30. The summed E-state index contributed by atoms with van der Waals surface area (Å²) in [4.78, 5) is 0. The zero-order valence-electron chi connectivity index (χ0n) is 14.7. The van der Waals surface area contributed by atoms with Gasteiger partial charge in [0.15, 0.2) is 0 Å². The number of hydrogen-bond donors (Lipinski definition) is 1. The number of nitriles is 1. The highest BCUT2D eigenvalue weighted by Crippen LogP contribution is 2.44. The number of nitrogens with zero attached hydrogens (tertiary/aromatic N) is 3. The minimum Gasteiger partial charge on any atom is -0.422 e. The number of aryl methyl sites for hydroxylation is 1. The van der Waals surface area contributed by atoms with E-state index in [2.05, 4.69) is 11.2 Å². The Balaban J connectivity index is 1.86. The van der Waals surface area contributed by atoms with Crippen molar-refractivity contribution in [3.05, 3.63) is 93.5 Å². The molecule has 0 saturated heterocycles. The summed E-state index contributed by atoms with van der Waals surface area (Å²) in [6.45, 7) is 2.46. The van der Waals surface area contributed by atoms with Gasteiger partial charge >= 0.3 is 0 Å². The highest BCUT2D eigenvalue weighted by Gasteiger charge is 2.35. The Hall–Kier alpha value is -3.23. The third kappa shape index (κ3) is 3.05. The largest absolute Gasteiger partial charge is 0.422 e. The first kappa shape index (κ1) is 17.2. The van der Waals surface area contributed by atoms with E-state index in [1.165, 1.54) is 0 Å². The lowest BCUT2D eigenvalue weighted by Crippen LogP contribution is -2.22. The van der Waals surface area contributed by atoms with Crippen LogP contribution in [0.1, 0.15) is 28.3 Å². The van der Waals surface area contributed by atoms with E-state index in [4.69, 9.17) is 22.1 Å². The maximum atomic E-state index is 9.69. The van der Waals surface area contributed by atoms with E-state index in [0.29, 0.717) is 23.0 Å². The van der Waals surface area contributed by atoms with Crippen LogP contribution >= 0.6 is 11.6 Å². The molecule has 0 spiro atoms. The molecule has 1 atom stereocenters. The summed E-state index contributed by atoms with van der Waals surface area (Å²) in [6.07, 6.45) is 0. The van der Waals surface area contributed by atoms with Gasteiger partial charge in [-0.15, -0.1) is 0 Å². The molecule has 1 aliphatic heterocycles.